The van der Waals surface area contributed by atoms with Crippen LogP contribution in [0.4, 0.5) is 0 Å². The highest BCUT2D eigenvalue weighted by atomic mass is 16.7. The first-order chi connectivity index (χ1) is 14.5. The average Bonchev–Trinajstić information content (AvgIpc) is 2.72. The number of carbonyl (C=O) groups is 2. The molecule has 0 aliphatic carbocycles. The number of carboxylic acid groups (broad SMARTS) is 1. The summed E-state index contributed by atoms with van der Waals surface area (Å²) in [4.78, 5) is 23.9. The molecule has 1 unspecified atom stereocenters. The Labute approximate surface area is 177 Å². The maximum absolute atomic E-state index is 13.1. The molecule has 1 aliphatic rings. The molecule has 164 valence electrons. The number of carbonyl (C=O) groups excluding carboxylic acids is 1. The molecule has 30 heavy (non-hydrogen) atoms. The van der Waals surface area contributed by atoms with Gasteiger partial charge in [0.25, 0.3) is 0 Å². The van der Waals surface area contributed by atoms with Crippen LogP contribution in [0.25, 0.3) is 0 Å². The van der Waals surface area contributed by atoms with Gasteiger partial charge in [-0.15, -0.1) is 0 Å². The minimum atomic E-state index is -1.05. The number of ether oxygens (including phenoxy) is 4. The zero-order chi connectivity index (χ0) is 21.9. The molecule has 3 atom stereocenters. The van der Waals surface area contributed by atoms with E-state index < -0.39 is 18.0 Å². The van der Waals surface area contributed by atoms with Gasteiger partial charge < -0.3 is 24.1 Å². The second-order valence-electron chi connectivity index (χ2n) is 7.23. The van der Waals surface area contributed by atoms with Crippen molar-refractivity contribution in [3.8, 4) is 5.75 Å². The Morgan fingerprint density at radius 2 is 2.10 bits per heavy atom. The topological polar surface area (TPSA) is 91.3 Å². The van der Waals surface area contributed by atoms with Crippen molar-refractivity contribution in [1.82, 2.24) is 0 Å². The van der Waals surface area contributed by atoms with Gasteiger partial charge in [0, 0.05) is 26.0 Å². The Hall–Kier alpha value is -2.64. The monoisotopic (exact) mass is 418 g/mol. The maximum atomic E-state index is 13.1. The number of esters is 1. The minimum Gasteiger partial charge on any atom is -0.496 e. The smallest absolute Gasteiger partial charge is 0.342 e. The summed E-state index contributed by atoms with van der Waals surface area (Å²) in [5, 5.41) is 8.89. The molecule has 1 aromatic rings. The van der Waals surface area contributed by atoms with Crippen molar-refractivity contribution >= 4 is 11.9 Å². The number of cyclic esters (lactones) is 1. The van der Waals surface area contributed by atoms with Gasteiger partial charge in [-0.2, -0.15) is 0 Å². The number of rotatable bonds is 7. The Bertz CT molecular complexity index is 769. The lowest BCUT2D eigenvalue weighted by atomic mass is 9.93. The van der Waals surface area contributed by atoms with Gasteiger partial charge in [0.15, 0.2) is 0 Å². The highest BCUT2D eigenvalue weighted by molar-refractivity contribution is 5.94. The molecule has 1 N–H and O–H groups in total. The van der Waals surface area contributed by atoms with Crippen LogP contribution in [-0.4, -0.2) is 50.3 Å². The molecule has 0 saturated carbocycles. The van der Waals surface area contributed by atoms with E-state index in [9.17, 15) is 9.59 Å². The summed E-state index contributed by atoms with van der Waals surface area (Å²) in [6.07, 6.45) is 7.93. The van der Waals surface area contributed by atoms with Gasteiger partial charge >= 0.3 is 11.9 Å². The first-order valence-electron chi connectivity index (χ1n) is 9.98. The number of aliphatic carboxylic acids is 1. The average molecular weight is 418 g/mol. The summed E-state index contributed by atoms with van der Waals surface area (Å²) in [6, 6.07) is 5.44. The Morgan fingerprint density at radius 3 is 2.80 bits per heavy atom. The van der Waals surface area contributed by atoms with E-state index in [2.05, 4.69) is 13.0 Å². The fourth-order valence-corrected chi connectivity index (χ4v) is 3.42. The molecule has 0 spiro atoms. The predicted octanol–water partition coefficient (Wildman–Crippen LogP) is 3.77. The third kappa shape index (κ3) is 7.00. The van der Waals surface area contributed by atoms with E-state index in [1.54, 1.807) is 13.2 Å². The van der Waals surface area contributed by atoms with Crippen molar-refractivity contribution in [1.29, 1.82) is 0 Å². The van der Waals surface area contributed by atoms with E-state index >= 15 is 0 Å². The van der Waals surface area contributed by atoms with Gasteiger partial charge in [-0.1, -0.05) is 37.3 Å². The third-order valence-electron chi connectivity index (χ3n) is 5.01. The molecule has 1 heterocycles. The van der Waals surface area contributed by atoms with Crippen LogP contribution in [0.1, 0.15) is 42.1 Å². The zero-order valence-electron chi connectivity index (χ0n) is 17.7. The summed E-state index contributed by atoms with van der Waals surface area (Å²) in [6.45, 7) is 2.19. The second kappa shape index (κ2) is 12.1. The van der Waals surface area contributed by atoms with Crippen molar-refractivity contribution in [3.63, 3.8) is 0 Å². The van der Waals surface area contributed by atoms with Crippen molar-refractivity contribution in [2.45, 2.75) is 44.8 Å². The molecule has 2 rings (SSSR count). The summed E-state index contributed by atoms with van der Waals surface area (Å²) >= 11 is 0. The maximum Gasteiger partial charge on any atom is 0.342 e. The van der Waals surface area contributed by atoms with E-state index in [0.29, 0.717) is 24.2 Å². The summed E-state index contributed by atoms with van der Waals surface area (Å²) in [5.41, 5.74) is 1.20. The Balaban J connectivity index is 2.37. The van der Waals surface area contributed by atoms with E-state index in [4.69, 9.17) is 24.1 Å². The molecular formula is C23H30O7. The summed E-state index contributed by atoms with van der Waals surface area (Å²) < 4.78 is 22.1. The van der Waals surface area contributed by atoms with Gasteiger partial charge in [0.1, 0.15) is 24.2 Å². The number of fused-ring (bicyclic) bond motifs is 1. The standard InChI is InChI=1S/C23H30O7/c1-16-8-4-5-9-17-10-6-12-19(28-3)22(17)23(26)30-18(11-7-13-21(24)25)14-20(16)29-15-27-2/h4-7,10,12-13,16,18,20H,8-9,11,14-15H2,1-3H3,(H,24,25)/t16-,18?,20+/m0/s1. The van der Waals surface area contributed by atoms with E-state index in [0.717, 1.165) is 18.1 Å². The minimum absolute atomic E-state index is 0.126. The molecular weight excluding hydrogens is 388 g/mol. The summed E-state index contributed by atoms with van der Waals surface area (Å²) in [7, 11) is 3.06. The van der Waals surface area contributed by atoms with Crippen molar-refractivity contribution in [2.75, 3.05) is 21.0 Å². The van der Waals surface area contributed by atoms with Gasteiger partial charge in [-0.05, 0) is 30.4 Å². The van der Waals surface area contributed by atoms with E-state index in [-0.39, 0.29) is 25.2 Å². The van der Waals surface area contributed by atoms with Gasteiger partial charge in [0.2, 0.25) is 0 Å². The van der Waals surface area contributed by atoms with Crippen LogP contribution < -0.4 is 4.74 Å². The lowest BCUT2D eigenvalue weighted by molar-refractivity contribution is -0.131. The van der Waals surface area contributed by atoms with Gasteiger partial charge in [0.05, 0.1) is 13.2 Å². The SMILES string of the molecule is COCO[C@@H]1CC(CC=CC(=O)O)OC(=O)c2c(cccc2OC)CC=CC[C@@H]1C. The van der Waals surface area contributed by atoms with Crippen molar-refractivity contribution in [3.05, 3.63) is 53.6 Å². The van der Waals surface area contributed by atoms with Crippen LogP contribution in [-0.2, 0) is 25.4 Å². The van der Waals surface area contributed by atoms with Crippen LogP contribution in [0.5, 0.6) is 5.75 Å². The first-order valence-corrected chi connectivity index (χ1v) is 9.98. The third-order valence-corrected chi connectivity index (χ3v) is 5.01. The molecule has 0 fully saturated rings. The summed E-state index contributed by atoms with van der Waals surface area (Å²) in [5.74, 6) is -0.941. The van der Waals surface area contributed by atoms with Crippen LogP contribution in [0, 0.1) is 5.92 Å². The zero-order valence-corrected chi connectivity index (χ0v) is 17.7. The molecule has 0 amide bonds. The molecule has 1 aliphatic heterocycles. The van der Waals surface area contributed by atoms with E-state index in [1.807, 2.05) is 18.2 Å². The molecule has 0 radical (unpaired) electrons. The number of hydrogen-bond acceptors (Lipinski definition) is 6. The molecule has 0 saturated heterocycles. The number of carboxylic acids is 1. The normalized spacial score (nSPS) is 22.6. The van der Waals surface area contributed by atoms with Crippen molar-refractivity contribution < 1.29 is 33.6 Å². The fraction of sp³-hybridized carbons (Fsp3) is 0.478. The number of methoxy groups -OCH3 is 2. The quantitative estimate of drug-likeness (QED) is 0.312. The van der Waals surface area contributed by atoms with Crippen LogP contribution in [0.15, 0.2) is 42.5 Å². The molecule has 7 nitrogen and oxygen atoms in total. The largest absolute Gasteiger partial charge is 0.496 e. The van der Waals surface area contributed by atoms with Crippen molar-refractivity contribution in [2.24, 2.45) is 5.92 Å². The second-order valence-corrected chi connectivity index (χ2v) is 7.23. The van der Waals surface area contributed by atoms with Crippen LogP contribution in [0.2, 0.25) is 0 Å². The number of hydrogen-bond donors (Lipinski definition) is 1. The molecule has 7 heteroatoms. The lowest BCUT2D eigenvalue weighted by Gasteiger charge is -2.28. The fourth-order valence-electron chi connectivity index (χ4n) is 3.42. The Morgan fingerprint density at radius 1 is 1.30 bits per heavy atom. The number of allylic oxidation sites excluding steroid dienone is 2. The number of benzene rings is 1. The molecule has 0 bridgehead atoms. The lowest BCUT2D eigenvalue weighted by Crippen LogP contribution is -2.31. The first kappa shape index (κ1) is 23.6. The highest BCUT2D eigenvalue weighted by Crippen LogP contribution is 2.28. The molecule has 1 aromatic carbocycles. The predicted molar refractivity (Wildman–Crippen MR) is 112 cm³/mol. The van der Waals surface area contributed by atoms with Crippen LogP contribution in [0.3, 0.4) is 0 Å². The Kier molecular flexibility index (Phi) is 9.57. The van der Waals surface area contributed by atoms with Crippen LogP contribution >= 0.6 is 0 Å². The van der Waals surface area contributed by atoms with Gasteiger partial charge in [-0.3, -0.25) is 0 Å². The van der Waals surface area contributed by atoms with Gasteiger partial charge in [-0.25, -0.2) is 9.59 Å². The highest BCUT2D eigenvalue weighted by Gasteiger charge is 2.27. The molecule has 0 aromatic heterocycles. The van der Waals surface area contributed by atoms with E-state index in [1.165, 1.54) is 13.2 Å².